The van der Waals surface area contributed by atoms with Gasteiger partial charge in [0.2, 0.25) is 0 Å². The van der Waals surface area contributed by atoms with Gasteiger partial charge in [-0.25, -0.2) is 9.48 Å². The second-order valence-electron chi connectivity index (χ2n) is 6.91. The molecule has 0 saturated carbocycles. The Morgan fingerprint density at radius 2 is 2.03 bits per heavy atom. The van der Waals surface area contributed by atoms with Crippen molar-refractivity contribution < 1.29 is 9.90 Å². The number of likely N-dealkylation sites (N-methyl/N-ethyl adjacent to an activating group) is 1. The third-order valence-corrected chi connectivity index (χ3v) is 5.78. The van der Waals surface area contributed by atoms with Gasteiger partial charge in [-0.3, -0.25) is 4.98 Å². The van der Waals surface area contributed by atoms with Crippen LogP contribution >= 0.6 is 23.2 Å². The maximum atomic E-state index is 11.5. The number of carbonyl (C=O) groups is 1. The first-order chi connectivity index (χ1) is 14.0. The molecule has 1 N–H and O–H groups in total. The number of alkyl halides is 1. The van der Waals surface area contributed by atoms with Crippen molar-refractivity contribution in [1.29, 1.82) is 0 Å². The van der Waals surface area contributed by atoms with E-state index in [4.69, 9.17) is 28.3 Å². The highest BCUT2D eigenvalue weighted by Gasteiger charge is 2.31. The van der Waals surface area contributed by atoms with Crippen LogP contribution in [0.1, 0.15) is 29.3 Å². The molecular weight excluding hydrogens is 411 g/mol. The smallest absolute Gasteiger partial charge is 0.407 e. The van der Waals surface area contributed by atoms with Crippen LogP contribution < -0.4 is 0 Å². The average Bonchev–Trinajstić information content (AvgIpc) is 3.12. The second kappa shape index (κ2) is 8.05. The molecule has 4 rings (SSSR count). The zero-order valence-corrected chi connectivity index (χ0v) is 17.4. The van der Waals surface area contributed by atoms with Gasteiger partial charge in [-0.1, -0.05) is 17.7 Å². The largest absolute Gasteiger partial charge is 0.465 e. The lowest BCUT2D eigenvalue weighted by Crippen LogP contribution is -2.32. The normalized spacial score (nSPS) is 13.5. The van der Waals surface area contributed by atoms with Crippen molar-refractivity contribution in [3.8, 4) is 16.8 Å². The molecule has 8 heteroatoms. The number of amides is 1. The molecule has 1 atom stereocenters. The van der Waals surface area contributed by atoms with Gasteiger partial charge < -0.3 is 10.0 Å². The van der Waals surface area contributed by atoms with Gasteiger partial charge in [0.25, 0.3) is 0 Å². The molecule has 1 unspecified atom stereocenters. The number of pyridine rings is 1. The second-order valence-corrected chi connectivity index (χ2v) is 7.88. The lowest BCUT2D eigenvalue weighted by atomic mass is 9.87. The molecule has 1 aliphatic rings. The first kappa shape index (κ1) is 19.7. The quantitative estimate of drug-likeness (QED) is 0.580. The maximum absolute atomic E-state index is 11.5. The van der Waals surface area contributed by atoms with Crippen LogP contribution in [0.4, 0.5) is 4.79 Å². The molecule has 0 radical (unpaired) electrons. The summed E-state index contributed by atoms with van der Waals surface area (Å²) in [6.45, 7) is 2.32. The van der Waals surface area contributed by atoms with Gasteiger partial charge in [-0.05, 0) is 55.2 Å². The number of hydrogen-bond donors (Lipinski definition) is 1. The number of aryl methyl sites for hydroxylation is 2. The fourth-order valence-electron chi connectivity index (χ4n) is 3.81. The zero-order chi connectivity index (χ0) is 20.5. The van der Waals surface area contributed by atoms with E-state index in [1.807, 2.05) is 35.0 Å². The number of nitrogens with zero attached hydrogens (tertiary/aromatic N) is 4. The third kappa shape index (κ3) is 3.70. The standard InChI is InChI=1S/C21H20Cl2N4O2/c1-2-26(21(28)29)12-17(23)20-19-16-5-4-14(22)11-13(16)3-6-18(19)25-27(20)15-7-9-24-10-8-15/h4-5,7-11,17H,2-3,6,12H2,1H3,(H,28,29). The van der Waals surface area contributed by atoms with E-state index in [9.17, 15) is 9.90 Å². The van der Waals surface area contributed by atoms with Crippen LogP contribution in [0, 0.1) is 0 Å². The molecule has 29 heavy (non-hydrogen) atoms. The Morgan fingerprint density at radius 3 is 2.72 bits per heavy atom. The van der Waals surface area contributed by atoms with E-state index in [1.54, 1.807) is 19.3 Å². The lowest BCUT2D eigenvalue weighted by molar-refractivity contribution is 0.147. The number of benzene rings is 1. The number of halogens is 2. The molecule has 0 bridgehead atoms. The number of hydrogen-bond acceptors (Lipinski definition) is 3. The highest BCUT2D eigenvalue weighted by atomic mass is 35.5. The Balaban J connectivity index is 1.89. The summed E-state index contributed by atoms with van der Waals surface area (Å²) in [5.41, 5.74) is 5.75. The Bertz CT molecular complexity index is 1050. The van der Waals surface area contributed by atoms with Gasteiger partial charge in [-0.2, -0.15) is 5.10 Å². The van der Waals surface area contributed by atoms with Crippen molar-refractivity contribution in [3.05, 3.63) is 64.7 Å². The monoisotopic (exact) mass is 430 g/mol. The highest BCUT2D eigenvalue weighted by molar-refractivity contribution is 6.30. The Morgan fingerprint density at radius 1 is 1.28 bits per heavy atom. The molecule has 150 valence electrons. The van der Waals surface area contributed by atoms with E-state index < -0.39 is 11.5 Å². The van der Waals surface area contributed by atoms with Gasteiger partial charge in [0, 0.05) is 36.1 Å². The summed E-state index contributed by atoms with van der Waals surface area (Å²) in [6.07, 6.45) is 4.03. The molecule has 2 aromatic heterocycles. The van der Waals surface area contributed by atoms with Gasteiger partial charge >= 0.3 is 6.09 Å². The molecule has 0 fully saturated rings. The molecule has 2 heterocycles. The van der Waals surface area contributed by atoms with E-state index in [0.29, 0.717) is 11.6 Å². The Labute approximate surface area is 178 Å². The maximum Gasteiger partial charge on any atom is 0.407 e. The van der Waals surface area contributed by atoms with Crippen molar-refractivity contribution in [3.63, 3.8) is 0 Å². The molecule has 0 spiro atoms. The third-order valence-electron chi connectivity index (χ3n) is 5.20. The molecule has 3 aromatic rings. The topological polar surface area (TPSA) is 71.2 Å². The van der Waals surface area contributed by atoms with Crippen molar-refractivity contribution in [2.45, 2.75) is 25.1 Å². The van der Waals surface area contributed by atoms with Gasteiger partial charge in [0.05, 0.1) is 22.5 Å². The molecule has 1 aromatic carbocycles. The van der Waals surface area contributed by atoms with Crippen LogP contribution in [-0.2, 0) is 12.8 Å². The summed E-state index contributed by atoms with van der Waals surface area (Å²) in [5, 5.41) is 14.4. The van der Waals surface area contributed by atoms with Gasteiger partial charge in [-0.15, -0.1) is 11.6 Å². The van der Waals surface area contributed by atoms with Crippen LogP contribution in [0.3, 0.4) is 0 Å². The first-order valence-electron chi connectivity index (χ1n) is 9.42. The molecule has 0 aliphatic heterocycles. The van der Waals surface area contributed by atoms with E-state index in [2.05, 4.69) is 4.98 Å². The molecule has 6 nitrogen and oxygen atoms in total. The summed E-state index contributed by atoms with van der Waals surface area (Å²) < 4.78 is 1.82. The SMILES string of the molecule is CCN(CC(Cl)c1c2c(nn1-c1ccncc1)CCc1cc(Cl)ccc1-2)C(=O)O. The molecule has 1 aliphatic carbocycles. The summed E-state index contributed by atoms with van der Waals surface area (Å²) >= 11 is 13.1. The highest BCUT2D eigenvalue weighted by Crippen LogP contribution is 2.42. The van der Waals surface area contributed by atoms with Gasteiger partial charge in [0.1, 0.15) is 0 Å². The minimum absolute atomic E-state index is 0.166. The van der Waals surface area contributed by atoms with Crippen molar-refractivity contribution >= 4 is 29.3 Å². The van der Waals surface area contributed by atoms with Crippen molar-refractivity contribution in [1.82, 2.24) is 19.7 Å². The van der Waals surface area contributed by atoms with Crippen LogP contribution in [0.25, 0.3) is 16.8 Å². The zero-order valence-electron chi connectivity index (χ0n) is 15.8. The minimum Gasteiger partial charge on any atom is -0.465 e. The molecule has 1 amide bonds. The van der Waals surface area contributed by atoms with E-state index in [-0.39, 0.29) is 6.54 Å². The van der Waals surface area contributed by atoms with E-state index in [0.717, 1.165) is 46.6 Å². The van der Waals surface area contributed by atoms with Gasteiger partial charge in [0.15, 0.2) is 0 Å². The fourth-order valence-corrected chi connectivity index (χ4v) is 4.37. The van der Waals surface area contributed by atoms with Crippen LogP contribution in [0.2, 0.25) is 5.02 Å². The van der Waals surface area contributed by atoms with Crippen LogP contribution in [0.15, 0.2) is 42.7 Å². The van der Waals surface area contributed by atoms with Crippen molar-refractivity contribution in [2.24, 2.45) is 0 Å². The number of rotatable bonds is 5. The van der Waals surface area contributed by atoms with Crippen molar-refractivity contribution in [2.75, 3.05) is 13.1 Å². The van der Waals surface area contributed by atoms with E-state index in [1.165, 1.54) is 4.90 Å². The average molecular weight is 431 g/mol. The summed E-state index contributed by atoms with van der Waals surface area (Å²) in [5.74, 6) is 0. The van der Waals surface area contributed by atoms with Crippen LogP contribution in [0.5, 0.6) is 0 Å². The molecule has 0 saturated heterocycles. The lowest BCUT2D eigenvalue weighted by Gasteiger charge is -2.23. The van der Waals surface area contributed by atoms with Crippen LogP contribution in [-0.4, -0.2) is 44.0 Å². The van der Waals surface area contributed by atoms with E-state index >= 15 is 0 Å². The minimum atomic E-state index is -0.992. The molecular formula is C21H20Cl2N4O2. The number of aromatic nitrogens is 3. The first-order valence-corrected chi connectivity index (χ1v) is 10.2. The Hall–Kier alpha value is -2.57. The predicted molar refractivity (Wildman–Crippen MR) is 113 cm³/mol. The fraction of sp³-hybridized carbons (Fsp3) is 0.286. The Kier molecular flexibility index (Phi) is 5.48. The summed E-state index contributed by atoms with van der Waals surface area (Å²) in [7, 11) is 0. The summed E-state index contributed by atoms with van der Waals surface area (Å²) in [6, 6.07) is 9.57. The number of fused-ring (bicyclic) bond motifs is 3. The predicted octanol–water partition coefficient (Wildman–Crippen LogP) is 4.97. The number of carboxylic acid groups (broad SMARTS) is 1. The summed E-state index contributed by atoms with van der Waals surface area (Å²) in [4.78, 5) is 16.9.